The second-order valence-corrected chi connectivity index (χ2v) is 5.04. The molecule has 0 aliphatic carbocycles. The highest BCUT2D eigenvalue weighted by Crippen LogP contribution is 2.40. The number of carbonyl (C=O) groups is 2. The van der Waals surface area contributed by atoms with Gasteiger partial charge < -0.3 is 14.2 Å². The molecule has 1 aromatic carbocycles. The SMILES string of the molecule is CCOc1cc2c(cc1/C=C1/SC(=O)NC1=O)OCO2. The summed E-state index contributed by atoms with van der Waals surface area (Å²) in [5.41, 5.74) is 0.670. The first-order valence-electron chi connectivity index (χ1n) is 5.98. The van der Waals surface area contributed by atoms with Crippen LogP contribution in [0.4, 0.5) is 4.79 Å². The maximum Gasteiger partial charge on any atom is 0.290 e. The molecule has 20 heavy (non-hydrogen) atoms. The molecule has 0 aromatic heterocycles. The third-order valence-corrected chi connectivity index (χ3v) is 3.54. The van der Waals surface area contributed by atoms with Crippen LogP contribution >= 0.6 is 11.8 Å². The van der Waals surface area contributed by atoms with Crippen LogP contribution in [0.25, 0.3) is 6.08 Å². The van der Waals surface area contributed by atoms with Crippen molar-refractivity contribution in [2.45, 2.75) is 6.92 Å². The van der Waals surface area contributed by atoms with Gasteiger partial charge in [0.05, 0.1) is 11.5 Å². The van der Waals surface area contributed by atoms with Gasteiger partial charge in [0.2, 0.25) is 6.79 Å². The Hall–Kier alpha value is -2.15. The lowest BCUT2D eigenvalue weighted by molar-refractivity contribution is -0.115. The summed E-state index contributed by atoms with van der Waals surface area (Å²) in [6.07, 6.45) is 1.61. The molecule has 2 aliphatic rings. The summed E-state index contributed by atoms with van der Waals surface area (Å²) in [5, 5.41) is 1.84. The first kappa shape index (κ1) is 12.9. The Bertz CT molecular complexity index is 625. The molecule has 0 bridgehead atoms. The van der Waals surface area contributed by atoms with Gasteiger partial charge in [-0.2, -0.15) is 0 Å². The van der Waals surface area contributed by atoms with E-state index in [0.29, 0.717) is 34.3 Å². The smallest absolute Gasteiger partial charge is 0.290 e. The second kappa shape index (κ2) is 5.09. The molecule has 2 amide bonds. The number of imide groups is 1. The summed E-state index contributed by atoms with van der Waals surface area (Å²) in [6.45, 7) is 2.50. The third-order valence-electron chi connectivity index (χ3n) is 2.73. The van der Waals surface area contributed by atoms with E-state index < -0.39 is 5.91 Å². The van der Waals surface area contributed by atoms with Gasteiger partial charge in [0.25, 0.3) is 11.1 Å². The fraction of sp³-hybridized carbons (Fsp3) is 0.231. The van der Waals surface area contributed by atoms with Crippen molar-refractivity contribution in [3.63, 3.8) is 0 Å². The van der Waals surface area contributed by atoms with Crippen LogP contribution in [0.5, 0.6) is 17.2 Å². The normalized spacial score (nSPS) is 18.6. The van der Waals surface area contributed by atoms with Crippen LogP contribution in [-0.2, 0) is 4.79 Å². The van der Waals surface area contributed by atoms with E-state index in [9.17, 15) is 9.59 Å². The van der Waals surface area contributed by atoms with E-state index in [-0.39, 0.29) is 12.0 Å². The topological polar surface area (TPSA) is 73.9 Å². The molecule has 0 atom stereocenters. The van der Waals surface area contributed by atoms with Crippen molar-refractivity contribution in [3.8, 4) is 17.2 Å². The first-order valence-corrected chi connectivity index (χ1v) is 6.80. The highest BCUT2D eigenvalue weighted by molar-refractivity contribution is 8.18. The van der Waals surface area contributed by atoms with Gasteiger partial charge >= 0.3 is 0 Å². The predicted octanol–water partition coefficient (Wildman–Crippen LogP) is 2.14. The summed E-state index contributed by atoms with van der Waals surface area (Å²) in [5.74, 6) is 1.38. The minimum absolute atomic E-state index is 0.161. The number of amides is 2. The molecule has 0 radical (unpaired) electrons. The van der Waals surface area contributed by atoms with E-state index in [1.807, 2.05) is 6.92 Å². The summed E-state index contributed by atoms with van der Waals surface area (Å²) >= 11 is 0.862. The fourth-order valence-corrected chi connectivity index (χ4v) is 2.57. The molecule has 6 nitrogen and oxygen atoms in total. The van der Waals surface area contributed by atoms with Crippen molar-refractivity contribution in [2.75, 3.05) is 13.4 Å². The van der Waals surface area contributed by atoms with Crippen LogP contribution in [0, 0.1) is 0 Å². The Morgan fingerprint density at radius 2 is 2.10 bits per heavy atom. The Kier molecular flexibility index (Phi) is 3.27. The predicted molar refractivity (Wildman–Crippen MR) is 72.8 cm³/mol. The second-order valence-electron chi connectivity index (χ2n) is 4.03. The average molecular weight is 293 g/mol. The van der Waals surface area contributed by atoms with Crippen LogP contribution in [0.15, 0.2) is 17.0 Å². The Labute approximate surface area is 119 Å². The first-order chi connectivity index (χ1) is 9.67. The molecule has 0 saturated carbocycles. The van der Waals surface area contributed by atoms with Crippen LogP contribution in [0.2, 0.25) is 0 Å². The van der Waals surface area contributed by atoms with E-state index in [4.69, 9.17) is 14.2 Å². The van der Waals surface area contributed by atoms with Gasteiger partial charge in [-0.15, -0.1) is 0 Å². The number of carbonyl (C=O) groups excluding carboxylic acids is 2. The number of fused-ring (bicyclic) bond motifs is 1. The maximum atomic E-state index is 11.6. The molecule has 7 heteroatoms. The van der Waals surface area contributed by atoms with Gasteiger partial charge in [-0.25, -0.2) is 0 Å². The molecule has 2 heterocycles. The van der Waals surface area contributed by atoms with Crippen LogP contribution in [0.3, 0.4) is 0 Å². The molecule has 1 N–H and O–H groups in total. The number of benzene rings is 1. The third kappa shape index (κ3) is 2.32. The van der Waals surface area contributed by atoms with Crippen LogP contribution < -0.4 is 19.5 Å². The molecular weight excluding hydrogens is 282 g/mol. The zero-order chi connectivity index (χ0) is 14.1. The van der Waals surface area contributed by atoms with Crippen molar-refractivity contribution in [1.82, 2.24) is 5.32 Å². The molecule has 3 rings (SSSR count). The summed E-state index contributed by atoms with van der Waals surface area (Å²) in [4.78, 5) is 23.1. The Balaban J connectivity index is 2.01. The fourth-order valence-electron chi connectivity index (χ4n) is 1.89. The molecule has 0 spiro atoms. The van der Waals surface area contributed by atoms with Gasteiger partial charge in [-0.05, 0) is 30.8 Å². The molecule has 0 unspecified atom stereocenters. The minimum atomic E-state index is -0.403. The lowest BCUT2D eigenvalue weighted by Crippen LogP contribution is -2.17. The Morgan fingerprint density at radius 3 is 2.75 bits per heavy atom. The van der Waals surface area contributed by atoms with Crippen LogP contribution in [-0.4, -0.2) is 24.5 Å². The molecule has 1 saturated heterocycles. The van der Waals surface area contributed by atoms with Crippen molar-refractivity contribution in [1.29, 1.82) is 0 Å². The maximum absolute atomic E-state index is 11.6. The van der Waals surface area contributed by atoms with E-state index in [2.05, 4.69) is 5.32 Å². The van der Waals surface area contributed by atoms with E-state index in [1.165, 1.54) is 0 Å². The van der Waals surface area contributed by atoms with Crippen molar-refractivity contribution in [2.24, 2.45) is 0 Å². The number of nitrogens with one attached hydrogen (secondary N) is 1. The monoisotopic (exact) mass is 293 g/mol. The van der Waals surface area contributed by atoms with Crippen molar-refractivity contribution in [3.05, 3.63) is 22.6 Å². The van der Waals surface area contributed by atoms with E-state index >= 15 is 0 Å². The number of ether oxygens (including phenoxy) is 3. The van der Waals surface area contributed by atoms with Gasteiger partial charge in [0.15, 0.2) is 11.5 Å². The van der Waals surface area contributed by atoms with E-state index in [0.717, 1.165) is 11.8 Å². The zero-order valence-electron chi connectivity index (χ0n) is 10.6. The molecule has 2 aliphatic heterocycles. The number of hydrogen-bond donors (Lipinski definition) is 1. The van der Waals surface area contributed by atoms with Gasteiger partial charge in [0, 0.05) is 11.6 Å². The summed E-state index contributed by atoms with van der Waals surface area (Å²) in [6, 6.07) is 3.45. The lowest BCUT2D eigenvalue weighted by atomic mass is 10.1. The minimum Gasteiger partial charge on any atom is -0.493 e. The quantitative estimate of drug-likeness (QED) is 0.861. The van der Waals surface area contributed by atoms with Gasteiger partial charge in [0.1, 0.15) is 5.75 Å². The van der Waals surface area contributed by atoms with Crippen LogP contribution in [0.1, 0.15) is 12.5 Å². The lowest BCUT2D eigenvalue weighted by Gasteiger charge is -2.09. The highest BCUT2D eigenvalue weighted by Gasteiger charge is 2.26. The number of rotatable bonds is 3. The number of hydrogen-bond acceptors (Lipinski definition) is 6. The van der Waals surface area contributed by atoms with Crippen molar-refractivity contribution < 1.29 is 23.8 Å². The molecule has 104 valence electrons. The molecule has 1 aromatic rings. The Morgan fingerprint density at radius 1 is 1.35 bits per heavy atom. The summed E-state index contributed by atoms with van der Waals surface area (Å²) in [7, 11) is 0. The zero-order valence-corrected chi connectivity index (χ0v) is 11.4. The van der Waals surface area contributed by atoms with Gasteiger partial charge in [-0.1, -0.05) is 0 Å². The largest absolute Gasteiger partial charge is 0.493 e. The van der Waals surface area contributed by atoms with Crippen molar-refractivity contribution >= 4 is 29.0 Å². The van der Waals surface area contributed by atoms with E-state index in [1.54, 1.807) is 18.2 Å². The number of thioether (sulfide) groups is 1. The molecular formula is C13H11NO5S. The highest BCUT2D eigenvalue weighted by atomic mass is 32.2. The van der Waals surface area contributed by atoms with Gasteiger partial charge in [-0.3, -0.25) is 14.9 Å². The summed E-state index contributed by atoms with van der Waals surface area (Å²) < 4.78 is 16.1. The molecule has 1 fully saturated rings. The average Bonchev–Trinajstić information content (AvgIpc) is 2.97. The standard InChI is InChI=1S/C13H11NO5S/c1-2-17-8-5-10-9(18-6-19-10)3-7(8)4-11-12(15)14-13(16)20-11/h3-5H,2,6H2,1H3,(H,14,15,16)/b11-4+.